The second-order valence-electron chi connectivity index (χ2n) is 4.24. The van der Waals surface area contributed by atoms with Crippen molar-refractivity contribution in [1.29, 1.82) is 0 Å². The number of rotatable bonds is 2. The lowest BCUT2D eigenvalue weighted by molar-refractivity contribution is -0.117. The van der Waals surface area contributed by atoms with Crippen molar-refractivity contribution in [2.75, 3.05) is 17.2 Å². The molecule has 4 N–H and O–H groups in total. The Morgan fingerprint density at radius 2 is 2.05 bits per heavy atom. The minimum Gasteiger partial charge on any atom is -0.397 e. The van der Waals surface area contributed by atoms with Crippen molar-refractivity contribution in [2.45, 2.75) is 11.7 Å². The molecule has 0 spiro atoms. The molecule has 6 nitrogen and oxygen atoms in total. The summed E-state index contributed by atoms with van der Waals surface area (Å²) in [6.07, 6.45) is -0.229. The Kier molecular flexibility index (Phi) is 3.41. The van der Waals surface area contributed by atoms with Gasteiger partial charge in [0, 0.05) is 19.0 Å². The van der Waals surface area contributed by atoms with E-state index in [2.05, 4.69) is 0 Å². The zero-order chi connectivity index (χ0) is 14.4. The van der Waals surface area contributed by atoms with Gasteiger partial charge in [-0.2, -0.15) is 0 Å². The number of hydrogen-bond donors (Lipinski definition) is 2. The summed E-state index contributed by atoms with van der Waals surface area (Å²) in [4.78, 5) is 12.9. The van der Waals surface area contributed by atoms with Crippen LogP contribution in [-0.2, 0) is 14.8 Å². The Labute approximate surface area is 114 Å². The Morgan fingerprint density at radius 3 is 2.58 bits per heavy atom. The minimum atomic E-state index is -3.82. The van der Waals surface area contributed by atoms with Crippen molar-refractivity contribution < 1.29 is 17.6 Å². The zero-order valence-electron chi connectivity index (χ0n) is 9.64. The van der Waals surface area contributed by atoms with Gasteiger partial charge in [0.15, 0.2) is 0 Å². The van der Waals surface area contributed by atoms with E-state index in [4.69, 9.17) is 22.5 Å². The number of benzene rings is 1. The van der Waals surface area contributed by atoms with E-state index in [-0.39, 0.29) is 29.4 Å². The number of carbonyl (C=O) groups is 1. The molecule has 0 aliphatic carbocycles. The predicted octanol–water partition coefficient (Wildman–Crippen LogP) is 0.455. The van der Waals surface area contributed by atoms with Crippen LogP contribution in [-0.4, -0.2) is 26.1 Å². The summed E-state index contributed by atoms with van der Waals surface area (Å²) < 4.78 is 35.7. The fraction of sp³-hybridized carbons (Fsp3) is 0.300. The van der Waals surface area contributed by atoms with E-state index in [0.29, 0.717) is 0 Å². The van der Waals surface area contributed by atoms with E-state index in [0.717, 1.165) is 11.0 Å². The molecule has 1 heterocycles. The molecule has 0 saturated carbocycles. The van der Waals surface area contributed by atoms with Crippen molar-refractivity contribution in [3.05, 3.63) is 23.0 Å². The van der Waals surface area contributed by atoms with E-state index < -0.39 is 27.0 Å². The van der Waals surface area contributed by atoms with Crippen LogP contribution < -0.4 is 15.8 Å². The van der Waals surface area contributed by atoms with E-state index in [1.54, 1.807) is 0 Å². The van der Waals surface area contributed by atoms with Gasteiger partial charge in [0.2, 0.25) is 15.9 Å². The molecule has 1 unspecified atom stereocenters. The second kappa shape index (κ2) is 4.62. The molecule has 1 aromatic rings. The Morgan fingerprint density at radius 1 is 1.42 bits per heavy atom. The third-order valence-electron chi connectivity index (χ3n) is 2.91. The van der Waals surface area contributed by atoms with Crippen LogP contribution in [0, 0.1) is 5.82 Å². The van der Waals surface area contributed by atoms with Crippen LogP contribution in [0.4, 0.5) is 15.8 Å². The van der Waals surface area contributed by atoms with E-state index >= 15 is 0 Å². The summed E-state index contributed by atoms with van der Waals surface area (Å²) in [5.41, 5.74) is 5.80. The van der Waals surface area contributed by atoms with Crippen LogP contribution >= 0.6 is 11.6 Å². The summed E-state index contributed by atoms with van der Waals surface area (Å²) in [5, 5.41) is 3.82. The molecule has 1 amide bonds. The molecule has 1 saturated heterocycles. The number of nitrogens with zero attached hydrogens (tertiary/aromatic N) is 1. The lowest BCUT2D eigenvalue weighted by Gasteiger charge is -2.19. The number of anilines is 2. The van der Waals surface area contributed by atoms with Crippen LogP contribution in [0.1, 0.15) is 6.42 Å². The Balaban J connectivity index is 2.39. The van der Waals surface area contributed by atoms with Gasteiger partial charge in [-0.25, -0.2) is 17.9 Å². The lowest BCUT2D eigenvalue weighted by Crippen LogP contribution is -2.32. The van der Waals surface area contributed by atoms with Crippen molar-refractivity contribution >= 4 is 38.9 Å². The third-order valence-corrected chi connectivity index (χ3v) is 4.45. The number of amides is 1. The average Bonchev–Trinajstić information content (AvgIpc) is 2.65. The molecule has 1 atom stereocenters. The number of hydrogen-bond acceptors (Lipinski definition) is 4. The van der Waals surface area contributed by atoms with Gasteiger partial charge >= 0.3 is 0 Å². The molecule has 0 radical (unpaired) electrons. The van der Waals surface area contributed by atoms with Crippen molar-refractivity contribution in [1.82, 2.24) is 0 Å². The van der Waals surface area contributed by atoms with E-state index in [9.17, 15) is 17.6 Å². The molecule has 1 aliphatic heterocycles. The van der Waals surface area contributed by atoms with Crippen LogP contribution in [0.15, 0.2) is 12.1 Å². The number of sulfonamides is 1. The molecular formula is C10H11ClFN3O3S. The number of nitrogen functional groups attached to an aromatic ring is 1. The highest BCUT2D eigenvalue weighted by Gasteiger charge is 2.38. The molecule has 104 valence electrons. The summed E-state index contributed by atoms with van der Waals surface area (Å²) in [7, 11) is -3.82. The van der Waals surface area contributed by atoms with Gasteiger partial charge < -0.3 is 10.6 Å². The normalized spacial score (nSPS) is 20.1. The second-order valence-corrected chi connectivity index (χ2v) is 6.50. The van der Waals surface area contributed by atoms with Crippen molar-refractivity contribution in [2.24, 2.45) is 5.14 Å². The highest BCUT2D eigenvalue weighted by Crippen LogP contribution is 2.33. The summed E-state index contributed by atoms with van der Waals surface area (Å²) in [5.74, 6) is -1.16. The molecule has 2 rings (SSSR count). The maximum absolute atomic E-state index is 13.2. The van der Waals surface area contributed by atoms with Crippen LogP contribution in [0.3, 0.4) is 0 Å². The van der Waals surface area contributed by atoms with Gasteiger partial charge in [-0.05, 0) is 6.07 Å². The first-order chi connectivity index (χ1) is 8.70. The first kappa shape index (κ1) is 14.0. The quantitative estimate of drug-likeness (QED) is 0.774. The molecule has 9 heteroatoms. The highest BCUT2D eigenvalue weighted by atomic mass is 35.5. The molecular weight excluding hydrogens is 297 g/mol. The predicted molar refractivity (Wildman–Crippen MR) is 69.7 cm³/mol. The average molecular weight is 308 g/mol. The maximum atomic E-state index is 13.2. The number of nitrogens with two attached hydrogens (primary N) is 2. The number of carbonyl (C=O) groups excluding carboxylic acids is 1. The Bertz CT molecular complexity index is 650. The third kappa shape index (κ3) is 2.65. The molecule has 1 fully saturated rings. The van der Waals surface area contributed by atoms with Crippen LogP contribution in [0.2, 0.25) is 5.02 Å². The summed E-state index contributed by atoms with van der Waals surface area (Å²) >= 11 is 5.63. The maximum Gasteiger partial charge on any atom is 0.228 e. The van der Waals surface area contributed by atoms with E-state index in [1.807, 2.05) is 0 Å². The molecule has 0 bridgehead atoms. The molecule has 19 heavy (non-hydrogen) atoms. The number of halogens is 2. The Hall–Kier alpha value is -1.38. The van der Waals surface area contributed by atoms with Gasteiger partial charge in [0.25, 0.3) is 0 Å². The van der Waals surface area contributed by atoms with Crippen LogP contribution in [0.5, 0.6) is 0 Å². The van der Waals surface area contributed by atoms with Gasteiger partial charge in [-0.3, -0.25) is 4.79 Å². The highest BCUT2D eigenvalue weighted by molar-refractivity contribution is 7.89. The topological polar surface area (TPSA) is 106 Å². The van der Waals surface area contributed by atoms with Gasteiger partial charge in [-0.15, -0.1) is 0 Å². The van der Waals surface area contributed by atoms with Crippen molar-refractivity contribution in [3.8, 4) is 0 Å². The standard InChI is InChI=1S/C10H11ClFN3O3S/c11-6-2-9(8(13)3-7(6)12)15-4-5(1-10(15)16)19(14,17)18/h2-3,5H,1,4,13H2,(H2,14,17,18). The lowest BCUT2D eigenvalue weighted by atomic mass is 10.2. The first-order valence-corrected chi connectivity index (χ1v) is 7.25. The first-order valence-electron chi connectivity index (χ1n) is 5.26. The van der Waals surface area contributed by atoms with Gasteiger partial charge in [0.05, 0.1) is 16.4 Å². The zero-order valence-corrected chi connectivity index (χ0v) is 11.2. The number of primary sulfonamides is 1. The smallest absolute Gasteiger partial charge is 0.228 e. The van der Waals surface area contributed by atoms with Crippen molar-refractivity contribution in [3.63, 3.8) is 0 Å². The minimum absolute atomic E-state index is 0.00493. The molecule has 1 aliphatic rings. The van der Waals surface area contributed by atoms with Gasteiger partial charge in [0.1, 0.15) is 11.1 Å². The SMILES string of the molecule is Nc1cc(F)c(Cl)cc1N1CC(S(N)(=O)=O)CC1=O. The molecule has 0 aromatic heterocycles. The summed E-state index contributed by atoms with van der Waals surface area (Å²) in [6.45, 7) is -0.121. The van der Waals surface area contributed by atoms with Gasteiger partial charge in [-0.1, -0.05) is 11.6 Å². The fourth-order valence-electron chi connectivity index (χ4n) is 1.91. The summed E-state index contributed by atoms with van der Waals surface area (Å²) in [6, 6.07) is 2.17. The molecule has 1 aromatic carbocycles. The van der Waals surface area contributed by atoms with Crippen LogP contribution in [0.25, 0.3) is 0 Å². The fourth-order valence-corrected chi connectivity index (χ4v) is 2.80. The largest absolute Gasteiger partial charge is 0.397 e. The van der Waals surface area contributed by atoms with E-state index in [1.165, 1.54) is 6.07 Å². The monoisotopic (exact) mass is 307 g/mol.